The van der Waals surface area contributed by atoms with Crippen molar-refractivity contribution in [3.63, 3.8) is 0 Å². The lowest BCUT2D eigenvalue weighted by atomic mass is 10.2. The van der Waals surface area contributed by atoms with Crippen LogP contribution in [0, 0.1) is 11.8 Å². The zero-order valence-corrected chi connectivity index (χ0v) is 11.4. The molecule has 0 aliphatic heterocycles. The summed E-state index contributed by atoms with van der Waals surface area (Å²) in [5, 5.41) is 2.51. The Labute approximate surface area is 108 Å². The highest BCUT2D eigenvalue weighted by Crippen LogP contribution is 2.28. The van der Waals surface area contributed by atoms with Crippen molar-refractivity contribution in [1.82, 2.24) is 5.32 Å². The van der Waals surface area contributed by atoms with Gasteiger partial charge in [-0.3, -0.25) is 9.59 Å². The molecule has 104 valence electrons. The van der Waals surface area contributed by atoms with E-state index in [0.29, 0.717) is 25.0 Å². The maximum atomic E-state index is 11.6. The van der Waals surface area contributed by atoms with Gasteiger partial charge in [-0.25, -0.2) is 0 Å². The Hall–Kier alpha value is -1.10. The molecule has 5 heteroatoms. The number of carbonyl (C=O) groups is 2. The molecule has 0 aromatic heterocycles. The van der Waals surface area contributed by atoms with E-state index in [1.165, 1.54) is 0 Å². The zero-order valence-electron chi connectivity index (χ0n) is 11.4. The summed E-state index contributed by atoms with van der Waals surface area (Å²) >= 11 is 0. The molecule has 0 aromatic rings. The number of ether oxygens (including phenoxy) is 2. The van der Waals surface area contributed by atoms with E-state index in [4.69, 9.17) is 9.47 Å². The monoisotopic (exact) mass is 257 g/mol. The topological polar surface area (TPSA) is 64.6 Å². The van der Waals surface area contributed by atoms with Gasteiger partial charge in [-0.05, 0) is 31.6 Å². The summed E-state index contributed by atoms with van der Waals surface area (Å²) in [6.45, 7) is 6.63. The maximum Gasteiger partial charge on any atom is 0.325 e. The fourth-order valence-electron chi connectivity index (χ4n) is 1.26. The number of nitrogens with one attached hydrogen (secondary N) is 1. The van der Waals surface area contributed by atoms with Gasteiger partial charge in [0.05, 0.1) is 6.61 Å². The van der Waals surface area contributed by atoms with Crippen molar-refractivity contribution in [2.24, 2.45) is 11.8 Å². The normalized spacial score (nSPS) is 16.4. The number of hydrogen-bond donors (Lipinski definition) is 1. The third-order valence-corrected chi connectivity index (χ3v) is 2.63. The zero-order chi connectivity index (χ0) is 13.5. The first-order valence-electron chi connectivity index (χ1n) is 6.54. The molecule has 0 bridgehead atoms. The van der Waals surface area contributed by atoms with E-state index >= 15 is 0 Å². The van der Waals surface area contributed by atoms with Crippen molar-refractivity contribution in [2.75, 3.05) is 19.8 Å². The smallest absolute Gasteiger partial charge is 0.325 e. The van der Waals surface area contributed by atoms with Crippen LogP contribution in [0.5, 0.6) is 0 Å². The molecule has 0 saturated heterocycles. The molecule has 0 aromatic carbocycles. The third-order valence-electron chi connectivity index (χ3n) is 2.63. The number of esters is 1. The fraction of sp³-hybridized carbons (Fsp3) is 0.846. The largest absolute Gasteiger partial charge is 0.464 e. The minimum atomic E-state index is -0.538. The lowest BCUT2D eigenvalue weighted by Crippen LogP contribution is -2.38. The minimum Gasteiger partial charge on any atom is -0.464 e. The second kappa shape index (κ2) is 7.36. The van der Waals surface area contributed by atoms with Gasteiger partial charge in [-0.2, -0.15) is 0 Å². The van der Waals surface area contributed by atoms with Crippen molar-refractivity contribution in [3.8, 4) is 0 Å². The summed E-state index contributed by atoms with van der Waals surface area (Å²) in [6.07, 6.45) is 1.74. The maximum absolute atomic E-state index is 11.6. The molecular formula is C13H23NO4. The van der Waals surface area contributed by atoms with E-state index in [2.05, 4.69) is 5.32 Å². The standard InChI is InChI=1S/C13H23NO4/c1-9(2)7-17-10(3)13(16)14-6-12(15)18-8-11-4-5-11/h9-11H,4-8H2,1-3H3,(H,14,16)/t10-/m1/s1. The predicted molar refractivity (Wildman–Crippen MR) is 66.9 cm³/mol. The summed E-state index contributed by atoms with van der Waals surface area (Å²) in [6, 6.07) is 0. The van der Waals surface area contributed by atoms with E-state index in [1.54, 1.807) is 6.92 Å². The molecule has 18 heavy (non-hydrogen) atoms. The van der Waals surface area contributed by atoms with Crippen LogP contribution in [-0.4, -0.2) is 37.7 Å². The molecule has 0 heterocycles. The Morgan fingerprint density at radius 2 is 1.94 bits per heavy atom. The highest BCUT2D eigenvalue weighted by molar-refractivity contribution is 5.84. The average Bonchev–Trinajstić information content (AvgIpc) is 3.14. The Morgan fingerprint density at radius 3 is 2.50 bits per heavy atom. The van der Waals surface area contributed by atoms with Crippen molar-refractivity contribution >= 4 is 11.9 Å². The van der Waals surface area contributed by atoms with Crippen LogP contribution in [0.15, 0.2) is 0 Å². The molecule has 0 spiro atoms. The summed E-state index contributed by atoms with van der Waals surface area (Å²) < 4.78 is 10.3. The highest BCUT2D eigenvalue weighted by Gasteiger charge is 2.23. The van der Waals surface area contributed by atoms with Gasteiger partial charge in [0.15, 0.2) is 0 Å². The van der Waals surface area contributed by atoms with Gasteiger partial charge in [0.25, 0.3) is 0 Å². The third kappa shape index (κ3) is 6.59. The van der Waals surface area contributed by atoms with E-state index in [0.717, 1.165) is 12.8 Å². The Balaban J connectivity index is 2.08. The van der Waals surface area contributed by atoms with Gasteiger partial charge in [-0.1, -0.05) is 13.8 Å². The summed E-state index contributed by atoms with van der Waals surface area (Å²) in [5.41, 5.74) is 0. The van der Waals surface area contributed by atoms with Crippen molar-refractivity contribution in [1.29, 1.82) is 0 Å². The minimum absolute atomic E-state index is 0.0824. The lowest BCUT2D eigenvalue weighted by Gasteiger charge is -2.14. The van der Waals surface area contributed by atoms with Crippen LogP contribution in [0.1, 0.15) is 33.6 Å². The number of amides is 1. The van der Waals surface area contributed by atoms with Crippen LogP contribution >= 0.6 is 0 Å². The van der Waals surface area contributed by atoms with Crippen LogP contribution < -0.4 is 5.32 Å². The van der Waals surface area contributed by atoms with Crippen LogP contribution in [-0.2, 0) is 19.1 Å². The van der Waals surface area contributed by atoms with Gasteiger partial charge >= 0.3 is 5.97 Å². The summed E-state index contributed by atoms with van der Waals surface area (Å²) in [4.78, 5) is 22.9. The predicted octanol–water partition coefficient (Wildman–Crippen LogP) is 1.12. The quantitative estimate of drug-likeness (QED) is 0.662. The number of carbonyl (C=O) groups excluding carboxylic acids is 2. The average molecular weight is 257 g/mol. The highest BCUT2D eigenvalue weighted by atomic mass is 16.5. The van der Waals surface area contributed by atoms with E-state index in [-0.39, 0.29) is 18.4 Å². The second-order valence-corrected chi connectivity index (χ2v) is 5.21. The Morgan fingerprint density at radius 1 is 1.28 bits per heavy atom. The van der Waals surface area contributed by atoms with Crippen LogP contribution in [0.25, 0.3) is 0 Å². The number of rotatable bonds is 8. The van der Waals surface area contributed by atoms with Crippen LogP contribution in [0.3, 0.4) is 0 Å². The molecule has 0 unspecified atom stereocenters. The first-order valence-corrected chi connectivity index (χ1v) is 6.54. The van der Waals surface area contributed by atoms with Crippen LogP contribution in [0.2, 0.25) is 0 Å². The molecule has 1 amide bonds. The first-order chi connectivity index (χ1) is 8.49. The molecule has 1 saturated carbocycles. The molecular weight excluding hydrogens is 234 g/mol. The molecule has 1 aliphatic rings. The summed E-state index contributed by atoms with van der Waals surface area (Å²) in [5.74, 6) is 0.257. The number of hydrogen-bond acceptors (Lipinski definition) is 4. The Bertz CT molecular complexity index is 287. The van der Waals surface area contributed by atoms with Crippen molar-refractivity contribution in [2.45, 2.75) is 39.7 Å². The van der Waals surface area contributed by atoms with Crippen molar-refractivity contribution in [3.05, 3.63) is 0 Å². The Kier molecular flexibility index (Phi) is 6.12. The SMILES string of the molecule is CC(C)CO[C@H](C)C(=O)NCC(=O)OCC1CC1. The molecule has 0 radical (unpaired) electrons. The molecule has 1 aliphatic carbocycles. The second-order valence-electron chi connectivity index (χ2n) is 5.21. The fourth-order valence-corrected chi connectivity index (χ4v) is 1.26. The molecule has 5 nitrogen and oxygen atoms in total. The van der Waals surface area contributed by atoms with E-state index < -0.39 is 6.10 Å². The first kappa shape index (κ1) is 15.0. The molecule has 1 rings (SSSR count). The van der Waals surface area contributed by atoms with Gasteiger partial charge in [0, 0.05) is 6.61 Å². The van der Waals surface area contributed by atoms with Gasteiger partial charge in [0.1, 0.15) is 12.6 Å². The van der Waals surface area contributed by atoms with Gasteiger partial charge in [0.2, 0.25) is 5.91 Å². The molecule has 1 N–H and O–H groups in total. The lowest BCUT2D eigenvalue weighted by molar-refractivity contribution is -0.145. The molecule has 1 atom stereocenters. The summed E-state index contributed by atoms with van der Waals surface area (Å²) in [7, 11) is 0. The van der Waals surface area contributed by atoms with E-state index in [9.17, 15) is 9.59 Å². The molecule has 1 fully saturated rings. The van der Waals surface area contributed by atoms with Crippen molar-refractivity contribution < 1.29 is 19.1 Å². The van der Waals surface area contributed by atoms with E-state index in [1.807, 2.05) is 13.8 Å². The van der Waals surface area contributed by atoms with Crippen LogP contribution in [0.4, 0.5) is 0 Å². The van der Waals surface area contributed by atoms with Gasteiger partial charge < -0.3 is 14.8 Å². The van der Waals surface area contributed by atoms with Gasteiger partial charge in [-0.15, -0.1) is 0 Å².